The molecule has 1 aromatic heterocycles. The Morgan fingerprint density at radius 2 is 1.66 bits per heavy atom. The smallest absolute Gasteiger partial charge is 0.238 e. The molecule has 29 heavy (non-hydrogen) atoms. The average Bonchev–Trinajstić information content (AvgIpc) is 2.96. The van der Waals surface area contributed by atoms with Gasteiger partial charge in [-0.3, -0.25) is 9.69 Å². The lowest BCUT2D eigenvalue weighted by Gasteiger charge is -2.16. The quantitative estimate of drug-likeness (QED) is 0.606. The molecule has 6 nitrogen and oxygen atoms in total. The summed E-state index contributed by atoms with van der Waals surface area (Å²) >= 11 is 0. The summed E-state index contributed by atoms with van der Waals surface area (Å²) in [6, 6.07) is 18.2. The summed E-state index contributed by atoms with van der Waals surface area (Å²) in [6.07, 6.45) is 0. The number of nitrogens with zero attached hydrogens (tertiary/aromatic N) is 2. The van der Waals surface area contributed by atoms with Gasteiger partial charge < -0.3 is 4.57 Å². The van der Waals surface area contributed by atoms with Gasteiger partial charge in [-0.15, -0.1) is 0 Å². The van der Waals surface area contributed by atoms with Gasteiger partial charge in [-0.1, -0.05) is 30.3 Å². The minimum Gasteiger partial charge on any atom is -0.318 e. The molecule has 0 amide bonds. The predicted octanol–water partition coefficient (Wildman–Crippen LogP) is 3.06. The Balaban J connectivity index is 1.80. The molecule has 7 heteroatoms. The number of sulfonamides is 1. The summed E-state index contributed by atoms with van der Waals surface area (Å²) in [4.78, 5) is 14.9. The number of likely N-dealkylation sites (N-methyl/N-ethyl adjacent to an activating group) is 1. The second-order valence-corrected chi connectivity index (χ2v) is 8.80. The third-order valence-electron chi connectivity index (χ3n) is 4.86. The number of aryl methyl sites for hydroxylation is 1. The van der Waals surface area contributed by atoms with Crippen molar-refractivity contribution in [2.75, 3.05) is 13.6 Å². The topological polar surface area (TPSA) is 85.4 Å². The number of hydrogen-bond donors (Lipinski definition) is 1. The fourth-order valence-corrected chi connectivity index (χ4v) is 4.02. The Kier molecular flexibility index (Phi) is 6.02. The summed E-state index contributed by atoms with van der Waals surface area (Å²) < 4.78 is 24.9. The number of Topliss-reactive ketones (excluding diaryl/α,β-unsaturated/α-hetero) is 1. The van der Waals surface area contributed by atoms with E-state index in [4.69, 9.17) is 5.14 Å². The highest BCUT2D eigenvalue weighted by Gasteiger charge is 2.18. The summed E-state index contributed by atoms with van der Waals surface area (Å²) in [7, 11) is -1.81. The van der Waals surface area contributed by atoms with Gasteiger partial charge in [-0.25, -0.2) is 13.6 Å². The lowest BCUT2D eigenvalue weighted by atomic mass is 10.1. The van der Waals surface area contributed by atoms with Gasteiger partial charge >= 0.3 is 0 Å². The van der Waals surface area contributed by atoms with Gasteiger partial charge in [0.15, 0.2) is 5.78 Å². The van der Waals surface area contributed by atoms with E-state index in [1.807, 2.05) is 66.8 Å². The second kappa shape index (κ2) is 8.32. The molecule has 0 unspecified atom stereocenters. The Morgan fingerprint density at radius 1 is 1.03 bits per heavy atom. The van der Waals surface area contributed by atoms with E-state index in [2.05, 4.69) is 0 Å². The number of nitrogens with two attached hydrogens (primary N) is 1. The average molecular weight is 412 g/mol. The second-order valence-electron chi connectivity index (χ2n) is 7.24. The highest BCUT2D eigenvalue weighted by molar-refractivity contribution is 7.89. The summed E-state index contributed by atoms with van der Waals surface area (Å²) in [6.45, 7) is 4.82. The number of carbonyl (C=O) groups is 1. The zero-order valence-electron chi connectivity index (χ0n) is 16.8. The summed E-state index contributed by atoms with van der Waals surface area (Å²) in [5.41, 5.74) is 4.33. The molecule has 152 valence electrons. The minimum absolute atomic E-state index is 0.0453. The third-order valence-corrected chi connectivity index (χ3v) is 5.79. The van der Waals surface area contributed by atoms with Crippen LogP contribution in [0.25, 0.3) is 5.69 Å². The van der Waals surface area contributed by atoms with Crippen molar-refractivity contribution in [2.45, 2.75) is 25.3 Å². The van der Waals surface area contributed by atoms with Gasteiger partial charge in [0, 0.05) is 29.2 Å². The van der Waals surface area contributed by atoms with Crippen molar-refractivity contribution in [3.63, 3.8) is 0 Å². The number of ketones is 1. The number of aromatic nitrogens is 1. The molecule has 0 saturated heterocycles. The van der Waals surface area contributed by atoms with Crippen LogP contribution in [0.15, 0.2) is 65.6 Å². The standard InChI is InChI=1S/C22H25N3O3S/c1-16-13-21(22(26)15-24(3)14-18-7-5-4-6-8-18)17(2)25(16)19-9-11-20(12-10-19)29(23,27)28/h4-13H,14-15H2,1-3H3,(H2,23,27,28). The van der Waals surface area contributed by atoms with Gasteiger partial charge in [0.1, 0.15) is 0 Å². The van der Waals surface area contributed by atoms with Crippen molar-refractivity contribution >= 4 is 15.8 Å². The van der Waals surface area contributed by atoms with E-state index >= 15 is 0 Å². The highest BCUT2D eigenvalue weighted by Crippen LogP contribution is 2.22. The maximum Gasteiger partial charge on any atom is 0.238 e. The molecular formula is C22H25N3O3S. The Bertz CT molecular complexity index is 1120. The van der Waals surface area contributed by atoms with Crippen LogP contribution in [0.2, 0.25) is 0 Å². The first-order chi connectivity index (χ1) is 13.7. The third kappa shape index (κ3) is 4.82. The van der Waals surface area contributed by atoms with Crippen molar-refractivity contribution in [2.24, 2.45) is 5.14 Å². The molecule has 0 fully saturated rings. The van der Waals surface area contributed by atoms with E-state index < -0.39 is 10.0 Å². The molecule has 0 aliphatic heterocycles. The number of hydrogen-bond acceptors (Lipinski definition) is 4. The van der Waals surface area contributed by atoms with Crippen LogP contribution >= 0.6 is 0 Å². The molecule has 0 atom stereocenters. The van der Waals surface area contributed by atoms with Crippen LogP contribution in [0.3, 0.4) is 0 Å². The molecule has 0 saturated carbocycles. The van der Waals surface area contributed by atoms with E-state index in [1.165, 1.54) is 12.1 Å². The first-order valence-electron chi connectivity index (χ1n) is 9.24. The van der Waals surface area contributed by atoms with E-state index in [-0.39, 0.29) is 10.7 Å². The normalized spacial score (nSPS) is 11.8. The largest absolute Gasteiger partial charge is 0.318 e. The fraction of sp³-hybridized carbons (Fsp3) is 0.227. The van der Waals surface area contributed by atoms with Crippen LogP contribution in [0.1, 0.15) is 27.3 Å². The molecule has 0 aliphatic rings. The number of primary sulfonamides is 1. The van der Waals surface area contributed by atoms with Crippen LogP contribution in [-0.2, 0) is 16.6 Å². The number of benzene rings is 2. The fourth-order valence-electron chi connectivity index (χ4n) is 3.51. The monoisotopic (exact) mass is 411 g/mol. The van der Waals surface area contributed by atoms with Crippen molar-refractivity contribution < 1.29 is 13.2 Å². The van der Waals surface area contributed by atoms with Crippen LogP contribution < -0.4 is 5.14 Å². The molecule has 2 aromatic carbocycles. The van der Waals surface area contributed by atoms with E-state index in [9.17, 15) is 13.2 Å². The first kappa shape index (κ1) is 21.0. The lowest BCUT2D eigenvalue weighted by Crippen LogP contribution is -2.25. The first-order valence-corrected chi connectivity index (χ1v) is 10.8. The maximum atomic E-state index is 12.9. The predicted molar refractivity (Wildman–Crippen MR) is 114 cm³/mol. The van der Waals surface area contributed by atoms with E-state index in [0.29, 0.717) is 18.7 Å². The Morgan fingerprint density at radius 3 is 2.24 bits per heavy atom. The number of carbonyl (C=O) groups excluding carboxylic acids is 1. The molecule has 0 bridgehead atoms. The van der Waals surface area contributed by atoms with Crippen molar-refractivity contribution in [1.29, 1.82) is 0 Å². The van der Waals surface area contributed by atoms with Gasteiger partial charge in [0.25, 0.3) is 0 Å². The SMILES string of the molecule is Cc1cc(C(=O)CN(C)Cc2ccccc2)c(C)n1-c1ccc(S(N)(=O)=O)cc1. The summed E-state index contributed by atoms with van der Waals surface area (Å²) in [5.74, 6) is 0.0453. The zero-order chi connectivity index (χ0) is 21.2. The summed E-state index contributed by atoms with van der Waals surface area (Å²) in [5, 5.41) is 5.17. The Labute approximate surface area is 171 Å². The highest BCUT2D eigenvalue weighted by atomic mass is 32.2. The van der Waals surface area contributed by atoms with Gasteiger partial charge in [-0.05, 0) is 56.8 Å². The molecule has 2 N–H and O–H groups in total. The molecule has 1 heterocycles. The lowest BCUT2D eigenvalue weighted by molar-refractivity contribution is 0.0942. The van der Waals surface area contributed by atoms with E-state index in [0.717, 1.165) is 22.6 Å². The molecule has 0 aliphatic carbocycles. The van der Waals surface area contributed by atoms with Crippen LogP contribution in [0, 0.1) is 13.8 Å². The molecular weight excluding hydrogens is 386 g/mol. The molecule has 3 rings (SSSR count). The van der Waals surface area contributed by atoms with Crippen molar-refractivity contribution in [3.8, 4) is 5.69 Å². The number of rotatable bonds is 7. The zero-order valence-corrected chi connectivity index (χ0v) is 17.6. The van der Waals surface area contributed by atoms with Crippen LogP contribution in [0.5, 0.6) is 0 Å². The van der Waals surface area contributed by atoms with E-state index in [1.54, 1.807) is 12.1 Å². The van der Waals surface area contributed by atoms with Gasteiger partial charge in [-0.2, -0.15) is 0 Å². The maximum absolute atomic E-state index is 12.9. The molecule has 3 aromatic rings. The van der Waals surface area contributed by atoms with Crippen molar-refractivity contribution in [1.82, 2.24) is 9.47 Å². The van der Waals surface area contributed by atoms with Gasteiger partial charge in [0.05, 0.1) is 11.4 Å². The van der Waals surface area contributed by atoms with Crippen LogP contribution in [0.4, 0.5) is 0 Å². The van der Waals surface area contributed by atoms with Crippen LogP contribution in [-0.4, -0.2) is 37.3 Å². The Hall–Kier alpha value is -2.74. The molecule has 0 spiro atoms. The van der Waals surface area contributed by atoms with Crippen molar-refractivity contribution in [3.05, 3.63) is 83.2 Å². The molecule has 0 radical (unpaired) electrons. The van der Waals surface area contributed by atoms with Gasteiger partial charge in [0.2, 0.25) is 10.0 Å². The minimum atomic E-state index is -3.74.